The molecule has 1 fully saturated rings. The van der Waals surface area contributed by atoms with Crippen molar-refractivity contribution in [2.24, 2.45) is 5.41 Å². The molecule has 0 aromatic heterocycles. The van der Waals surface area contributed by atoms with Gasteiger partial charge >= 0.3 is 0 Å². The topological polar surface area (TPSA) is 51.2 Å². The van der Waals surface area contributed by atoms with Crippen molar-refractivity contribution >= 4 is 15.6 Å². The van der Waals surface area contributed by atoms with Gasteiger partial charge in [0.1, 0.15) is 15.6 Å². The molecule has 1 saturated carbocycles. The molecule has 0 amide bonds. The van der Waals surface area contributed by atoms with Crippen molar-refractivity contribution in [2.75, 3.05) is 12.0 Å². The van der Waals surface area contributed by atoms with Gasteiger partial charge in [-0.25, -0.2) is 8.42 Å². The van der Waals surface area contributed by atoms with Gasteiger partial charge in [-0.3, -0.25) is 4.79 Å². The Morgan fingerprint density at radius 3 is 2.25 bits per heavy atom. The van der Waals surface area contributed by atoms with Crippen LogP contribution in [0.3, 0.4) is 0 Å². The summed E-state index contributed by atoms with van der Waals surface area (Å²) in [7, 11) is -2.92. The summed E-state index contributed by atoms with van der Waals surface area (Å²) in [5.74, 6) is 0.426. The molecule has 0 aliphatic heterocycles. The maximum absolute atomic E-state index is 12.1. The van der Waals surface area contributed by atoms with Gasteiger partial charge in [-0.1, -0.05) is 19.8 Å². The van der Waals surface area contributed by atoms with Crippen molar-refractivity contribution < 1.29 is 13.2 Å². The lowest BCUT2D eigenvalue weighted by molar-refractivity contribution is -0.128. The van der Waals surface area contributed by atoms with Gasteiger partial charge in [-0.2, -0.15) is 0 Å². The molecule has 16 heavy (non-hydrogen) atoms. The first-order valence-corrected chi connectivity index (χ1v) is 8.17. The van der Waals surface area contributed by atoms with Gasteiger partial charge in [0.15, 0.2) is 0 Å². The molecule has 0 radical (unpaired) electrons. The Morgan fingerprint density at radius 2 is 1.81 bits per heavy atom. The standard InChI is InChI=1S/C12H22O3S/c1-3-12(8-4-5-9-12)11(13)7-6-10-16(2,14)15/h3-10H2,1-2H3. The number of Topliss-reactive ketones (excluding diaryl/α,β-unsaturated/α-hetero) is 1. The number of carbonyl (C=O) groups excluding carboxylic acids is 1. The Bertz CT molecular complexity index is 337. The van der Waals surface area contributed by atoms with Crippen molar-refractivity contribution in [2.45, 2.75) is 51.9 Å². The second-order valence-electron chi connectivity index (χ2n) is 5.00. The second kappa shape index (κ2) is 5.30. The molecule has 1 rings (SSSR count). The Kier molecular flexibility index (Phi) is 4.53. The minimum atomic E-state index is -2.92. The van der Waals surface area contributed by atoms with Gasteiger partial charge < -0.3 is 0 Å². The predicted octanol–water partition coefficient (Wildman–Crippen LogP) is 2.35. The first-order chi connectivity index (χ1) is 7.40. The summed E-state index contributed by atoms with van der Waals surface area (Å²) < 4.78 is 21.9. The highest BCUT2D eigenvalue weighted by Gasteiger charge is 2.38. The molecule has 4 heteroatoms. The van der Waals surface area contributed by atoms with Crippen LogP contribution < -0.4 is 0 Å². The summed E-state index contributed by atoms with van der Waals surface area (Å²) in [6.45, 7) is 2.07. The molecule has 1 aliphatic rings. The highest BCUT2D eigenvalue weighted by molar-refractivity contribution is 7.90. The van der Waals surface area contributed by atoms with Crippen LogP contribution in [0, 0.1) is 5.41 Å². The van der Waals surface area contributed by atoms with Gasteiger partial charge in [0, 0.05) is 18.1 Å². The molecule has 0 bridgehead atoms. The quantitative estimate of drug-likeness (QED) is 0.723. The maximum Gasteiger partial charge on any atom is 0.147 e. The van der Waals surface area contributed by atoms with E-state index in [9.17, 15) is 13.2 Å². The van der Waals surface area contributed by atoms with Crippen molar-refractivity contribution in [3.8, 4) is 0 Å². The summed E-state index contributed by atoms with van der Waals surface area (Å²) in [5.41, 5.74) is -0.114. The van der Waals surface area contributed by atoms with Gasteiger partial charge in [0.25, 0.3) is 0 Å². The second-order valence-corrected chi connectivity index (χ2v) is 7.26. The monoisotopic (exact) mass is 246 g/mol. The summed E-state index contributed by atoms with van der Waals surface area (Å²) in [6, 6.07) is 0. The SMILES string of the molecule is CCC1(C(=O)CCCS(C)(=O)=O)CCCC1. The number of ketones is 1. The molecular formula is C12H22O3S. The zero-order valence-electron chi connectivity index (χ0n) is 10.3. The molecule has 94 valence electrons. The Hall–Kier alpha value is -0.380. The van der Waals surface area contributed by atoms with E-state index in [4.69, 9.17) is 0 Å². The number of hydrogen-bond acceptors (Lipinski definition) is 3. The van der Waals surface area contributed by atoms with Crippen LogP contribution in [0.25, 0.3) is 0 Å². The fourth-order valence-corrected chi connectivity index (χ4v) is 3.31. The lowest BCUT2D eigenvalue weighted by Gasteiger charge is -2.25. The summed E-state index contributed by atoms with van der Waals surface area (Å²) in [5, 5.41) is 0. The van der Waals surface area contributed by atoms with Crippen molar-refractivity contribution in [3.05, 3.63) is 0 Å². The Morgan fingerprint density at radius 1 is 1.25 bits per heavy atom. The van der Waals surface area contributed by atoms with E-state index in [0.29, 0.717) is 12.8 Å². The average Bonchev–Trinajstić information content (AvgIpc) is 2.65. The molecule has 0 atom stereocenters. The molecule has 0 aromatic carbocycles. The minimum absolute atomic E-state index is 0.114. The van der Waals surface area contributed by atoms with Crippen LogP contribution in [0.4, 0.5) is 0 Å². The predicted molar refractivity (Wildman–Crippen MR) is 65.1 cm³/mol. The third-order valence-electron chi connectivity index (χ3n) is 3.75. The van der Waals surface area contributed by atoms with Crippen molar-refractivity contribution in [1.29, 1.82) is 0 Å². The highest BCUT2D eigenvalue weighted by atomic mass is 32.2. The van der Waals surface area contributed by atoms with E-state index in [1.165, 1.54) is 6.26 Å². The number of hydrogen-bond donors (Lipinski definition) is 0. The first-order valence-electron chi connectivity index (χ1n) is 6.11. The summed E-state index contributed by atoms with van der Waals surface area (Å²) in [6.07, 6.45) is 7.34. The molecule has 0 aromatic rings. The normalized spacial score (nSPS) is 19.9. The summed E-state index contributed by atoms with van der Waals surface area (Å²) in [4.78, 5) is 12.1. The molecule has 1 aliphatic carbocycles. The van der Waals surface area contributed by atoms with Crippen LogP contribution in [0.2, 0.25) is 0 Å². The molecule has 3 nitrogen and oxygen atoms in total. The van der Waals surface area contributed by atoms with Gasteiger partial charge in [-0.05, 0) is 25.7 Å². The largest absolute Gasteiger partial charge is 0.299 e. The van der Waals surface area contributed by atoms with Gasteiger partial charge in [-0.15, -0.1) is 0 Å². The molecule has 0 heterocycles. The molecule has 0 N–H and O–H groups in total. The number of sulfone groups is 1. The maximum atomic E-state index is 12.1. The van der Waals surface area contributed by atoms with E-state index < -0.39 is 9.84 Å². The Labute approximate surface area is 98.5 Å². The van der Waals surface area contributed by atoms with Crippen molar-refractivity contribution in [3.63, 3.8) is 0 Å². The van der Waals surface area contributed by atoms with Gasteiger partial charge in [0.05, 0.1) is 5.75 Å². The van der Waals surface area contributed by atoms with E-state index in [-0.39, 0.29) is 17.0 Å². The van der Waals surface area contributed by atoms with Crippen LogP contribution in [-0.2, 0) is 14.6 Å². The third kappa shape index (κ3) is 3.58. The highest BCUT2D eigenvalue weighted by Crippen LogP contribution is 2.42. The van der Waals surface area contributed by atoms with E-state index in [1.54, 1.807) is 0 Å². The lowest BCUT2D eigenvalue weighted by atomic mass is 9.78. The molecule has 0 unspecified atom stereocenters. The molecular weight excluding hydrogens is 224 g/mol. The summed E-state index contributed by atoms with van der Waals surface area (Å²) >= 11 is 0. The van der Waals surface area contributed by atoms with Crippen LogP contribution in [0.5, 0.6) is 0 Å². The van der Waals surface area contributed by atoms with Crippen LogP contribution in [0.15, 0.2) is 0 Å². The van der Waals surface area contributed by atoms with E-state index in [2.05, 4.69) is 6.92 Å². The molecule has 0 spiro atoms. The van der Waals surface area contributed by atoms with Crippen LogP contribution in [-0.4, -0.2) is 26.2 Å². The zero-order chi connectivity index (χ0) is 12.2. The smallest absolute Gasteiger partial charge is 0.147 e. The van der Waals surface area contributed by atoms with E-state index >= 15 is 0 Å². The van der Waals surface area contributed by atoms with Crippen LogP contribution >= 0.6 is 0 Å². The van der Waals surface area contributed by atoms with Crippen LogP contribution in [0.1, 0.15) is 51.9 Å². The third-order valence-corrected chi connectivity index (χ3v) is 4.78. The minimum Gasteiger partial charge on any atom is -0.299 e. The van der Waals surface area contributed by atoms with Gasteiger partial charge in [0.2, 0.25) is 0 Å². The number of carbonyl (C=O) groups is 1. The van der Waals surface area contributed by atoms with E-state index in [0.717, 1.165) is 32.1 Å². The lowest BCUT2D eigenvalue weighted by Crippen LogP contribution is -2.27. The first kappa shape index (κ1) is 13.7. The average molecular weight is 246 g/mol. The van der Waals surface area contributed by atoms with Crippen molar-refractivity contribution in [1.82, 2.24) is 0 Å². The zero-order valence-corrected chi connectivity index (χ0v) is 11.1. The number of rotatable bonds is 6. The fraction of sp³-hybridized carbons (Fsp3) is 0.917. The molecule has 0 saturated heterocycles. The fourth-order valence-electron chi connectivity index (χ4n) is 2.64. The Balaban J connectivity index is 2.45. The van der Waals surface area contributed by atoms with E-state index in [1.807, 2.05) is 0 Å².